The van der Waals surface area contributed by atoms with Crippen LogP contribution in [0.3, 0.4) is 0 Å². The molecule has 0 spiro atoms. The Morgan fingerprint density at radius 2 is 1.87 bits per heavy atom. The predicted octanol–water partition coefficient (Wildman–Crippen LogP) is 3.52. The van der Waals surface area contributed by atoms with Crippen LogP contribution in [-0.4, -0.2) is 52.5 Å². The fourth-order valence-corrected chi connectivity index (χ4v) is 3.58. The number of carbonyl (C=O) groups is 1. The first kappa shape index (κ1) is 21.8. The van der Waals surface area contributed by atoms with E-state index >= 15 is 0 Å². The maximum absolute atomic E-state index is 12.3. The van der Waals surface area contributed by atoms with Gasteiger partial charge in [-0.1, -0.05) is 18.2 Å². The molecule has 0 aromatic heterocycles. The lowest BCUT2D eigenvalue weighted by Gasteiger charge is -2.29. The Balaban J connectivity index is 1.64. The molecule has 1 saturated heterocycles. The molecule has 0 aliphatic carbocycles. The number of hydrogen-bond acceptors (Lipinski definition) is 5. The number of hydrogen-bond donors (Lipinski definition) is 1. The molecule has 30 heavy (non-hydrogen) atoms. The Kier molecular flexibility index (Phi) is 8.25. The number of nitrogens with zero attached hydrogens (tertiary/aromatic N) is 2. The third-order valence-corrected chi connectivity index (χ3v) is 5.21. The lowest BCUT2D eigenvalue weighted by Crippen LogP contribution is -2.29. The van der Waals surface area contributed by atoms with Gasteiger partial charge in [0.05, 0.1) is 19.8 Å². The highest BCUT2D eigenvalue weighted by Gasteiger charge is 2.12. The van der Waals surface area contributed by atoms with E-state index in [4.69, 9.17) is 9.47 Å². The van der Waals surface area contributed by atoms with Crippen LogP contribution in [0.4, 0.5) is 5.69 Å². The average molecular weight is 408 g/mol. The fraction of sp³-hybridized carbons (Fsp3) is 0.417. The third-order valence-electron chi connectivity index (χ3n) is 5.21. The summed E-state index contributed by atoms with van der Waals surface area (Å²) in [7, 11) is 1.61. The molecule has 0 unspecified atom stereocenters. The van der Waals surface area contributed by atoms with Gasteiger partial charge >= 0.3 is 0 Å². The molecule has 1 heterocycles. The van der Waals surface area contributed by atoms with Crippen LogP contribution < -0.4 is 10.2 Å². The molecule has 2 aromatic rings. The average Bonchev–Trinajstić information content (AvgIpc) is 2.79. The minimum absolute atomic E-state index is 0.0798. The summed E-state index contributed by atoms with van der Waals surface area (Å²) in [6.45, 7) is 3.94. The molecular formula is C24H29N3O3. The van der Waals surface area contributed by atoms with Crippen molar-refractivity contribution < 1.29 is 14.3 Å². The highest BCUT2D eigenvalue weighted by molar-refractivity contribution is 6.02. The Labute approximate surface area is 178 Å². The van der Waals surface area contributed by atoms with Crippen molar-refractivity contribution >= 4 is 28.4 Å². The summed E-state index contributed by atoms with van der Waals surface area (Å²) in [5.41, 5.74) is 2.17. The number of amides is 1. The monoisotopic (exact) mass is 407 g/mol. The van der Waals surface area contributed by atoms with Crippen molar-refractivity contribution in [1.29, 1.82) is 5.26 Å². The summed E-state index contributed by atoms with van der Waals surface area (Å²) in [6.07, 6.45) is 5.44. The predicted molar refractivity (Wildman–Crippen MR) is 119 cm³/mol. The van der Waals surface area contributed by atoms with Gasteiger partial charge in [0.15, 0.2) is 0 Å². The second kappa shape index (κ2) is 11.3. The number of rotatable bonds is 9. The molecule has 1 fully saturated rings. The number of carbonyl (C=O) groups excluding carboxylic acids is 1. The van der Waals surface area contributed by atoms with E-state index in [1.54, 1.807) is 13.2 Å². The van der Waals surface area contributed by atoms with Gasteiger partial charge in [-0.3, -0.25) is 4.79 Å². The Hall–Kier alpha value is -2.88. The second-order valence-electron chi connectivity index (χ2n) is 7.37. The van der Waals surface area contributed by atoms with E-state index < -0.39 is 5.91 Å². The molecule has 1 amide bonds. The van der Waals surface area contributed by atoms with Crippen LogP contribution >= 0.6 is 0 Å². The van der Waals surface area contributed by atoms with Crippen molar-refractivity contribution in [2.24, 2.45) is 0 Å². The van der Waals surface area contributed by atoms with Crippen LogP contribution in [-0.2, 0) is 14.3 Å². The number of nitrogens with one attached hydrogen (secondary N) is 1. The fourth-order valence-electron chi connectivity index (χ4n) is 3.58. The molecule has 3 rings (SSSR count). The van der Waals surface area contributed by atoms with Gasteiger partial charge in [-0.2, -0.15) is 5.26 Å². The largest absolute Gasteiger partial charge is 0.382 e. The van der Waals surface area contributed by atoms with Crippen LogP contribution in [0.25, 0.3) is 16.8 Å². The number of piperidine rings is 1. The quantitative estimate of drug-likeness (QED) is 0.391. The zero-order chi connectivity index (χ0) is 21.2. The van der Waals surface area contributed by atoms with E-state index in [0.29, 0.717) is 26.4 Å². The van der Waals surface area contributed by atoms with Gasteiger partial charge in [-0.25, -0.2) is 0 Å². The van der Waals surface area contributed by atoms with E-state index in [0.717, 1.165) is 29.4 Å². The smallest absolute Gasteiger partial charge is 0.262 e. The molecule has 1 aliphatic rings. The first-order chi connectivity index (χ1) is 14.7. The molecule has 0 bridgehead atoms. The van der Waals surface area contributed by atoms with Crippen molar-refractivity contribution in [3.05, 3.63) is 47.5 Å². The van der Waals surface area contributed by atoms with Crippen molar-refractivity contribution in [2.75, 3.05) is 51.5 Å². The van der Waals surface area contributed by atoms with Gasteiger partial charge in [0.2, 0.25) is 0 Å². The lowest BCUT2D eigenvalue weighted by atomic mass is 10.0. The van der Waals surface area contributed by atoms with E-state index in [1.165, 1.54) is 24.9 Å². The summed E-state index contributed by atoms with van der Waals surface area (Å²) in [6, 6.07) is 14.5. The van der Waals surface area contributed by atoms with Crippen LogP contribution in [0.5, 0.6) is 0 Å². The molecule has 6 nitrogen and oxygen atoms in total. The lowest BCUT2D eigenvalue weighted by molar-refractivity contribution is -0.117. The highest BCUT2D eigenvalue weighted by Crippen LogP contribution is 2.26. The summed E-state index contributed by atoms with van der Waals surface area (Å²) >= 11 is 0. The summed E-state index contributed by atoms with van der Waals surface area (Å²) in [4.78, 5) is 14.7. The van der Waals surface area contributed by atoms with Gasteiger partial charge < -0.3 is 19.7 Å². The zero-order valence-electron chi connectivity index (χ0n) is 17.5. The maximum Gasteiger partial charge on any atom is 0.262 e. The van der Waals surface area contributed by atoms with Crippen LogP contribution in [0, 0.1) is 11.3 Å². The maximum atomic E-state index is 12.3. The van der Waals surface area contributed by atoms with E-state index in [9.17, 15) is 10.1 Å². The Bertz CT molecular complexity index is 927. The van der Waals surface area contributed by atoms with E-state index in [2.05, 4.69) is 28.4 Å². The number of nitriles is 1. The first-order valence-corrected chi connectivity index (χ1v) is 10.5. The SMILES string of the molecule is COCCOCCNC(=O)/C(C#N)=C/c1ccc2cc(N3CCCCC3)ccc2c1. The standard InChI is InChI=1S/C24H29N3O3/c1-29-13-14-30-12-9-26-24(28)22(18-25)16-19-5-6-21-17-23(8-7-20(21)15-19)27-10-3-2-4-11-27/h5-8,15-17H,2-4,9-14H2,1H3,(H,26,28)/b22-16+. The molecule has 0 saturated carbocycles. The van der Waals surface area contributed by atoms with Crippen molar-refractivity contribution in [3.63, 3.8) is 0 Å². The molecule has 158 valence electrons. The summed E-state index contributed by atoms with van der Waals surface area (Å²) in [5, 5.41) is 14.4. The molecule has 1 N–H and O–H groups in total. The van der Waals surface area contributed by atoms with Gasteiger partial charge in [0, 0.05) is 32.4 Å². The molecule has 1 aliphatic heterocycles. The Morgan fingerprint density at radius 3 is 2.63 bits per heavy atom. The summed E-state index contributed by atoms with van der Waals surface area (Å²) < 4.78 is 10.2. The number of benzene rings is 2. The van der Waals surface area contributed by atoms with Crippen molar-refractivity contribution in [1.82, 2.24) is 5.32 Å². The first-order valence-electron chi connectivity index (χ1n) is 10.5. The third kappa shape index (κ3) is 6.06. The summed E-state index contributed by atoms with van der Waals surface area (Å²) in [5.74, 6) is -0.395. The number of ether oxygens (including phenoxy) is 2. The minimum Gasteiger partial charge on any atom is -0.382 e. The van der Waals surface area contributed by atoms with Gasteiger partial charge in [0.1, 0.15) is 11.6 Å². The number of anilines is 1. The molecule has 6 heteroatoms. The van der Waals surface area contributed by atoms with Gasteiger partial charge in [-0.05, 0) is 59.9 Å². The highest BCUT2D eigenvalue weighted by atomic mass is 16.5. The topological polar surface area (TPSA) is 74.6 Å². The van der Waals surface area contributed by atoms with E-state index in [1.807, 2.05) is 24.3 Å². The molecule has 0 radical (unpaired) electrons. The Morgan fingerprint density at radius 1 is 1.10 bits per heavy atom. The van der Waals surface area contributed by atoms with E-state index in [-0.39, 0.29) is 5.57 Å². The number of methoxy groups -OCH3 is 1. The van der Waals surface area contributed by atoms with Crippen LogP contribution in [0.1, 0.15) is 24.8 Å². The normalized spacial score (nSPS) is 14.5. The van der Waals surface area contributed by atoms with Crippen molar-refractivity contribution in [2.45, 2.75) is 19.3 Å². The zero-order valence-corrected chi connectivity index (χ0v) is 17.5. The molecular weight excluding hydrogens is 378 g/mol. The van der Waals surface area contributed by atoms with Crippen molar-refractivity contribution in [3.8, 4) is 6.07 Å². The number of fused-ring (bicyclic) bond motifs is 1. The van der Waals surface area contributed by atoms with Gasteiger partial charge in [0.25, 0.3) is 5.91 Å². The second-order valence-corrected chi connectivity index (χ2v) is 7.37. The van der Waals surface area contributed by atoms with Crippen LogP contribution in [0.15, 0.2) is 42.0 Å². The van der Waals surface area contributed by atoms with Gasteiger partial charge in [-0.15, -0.1) is 0 Å². The minimum atomic E-state index is -0.395. The van der Waals surface area contributed by atoms with Crippen LogP contribution in [0.2, 0.25) is 0 Å². The molecule has 2 aromatic carbocycles. The molecule has 0 atom stereocenters.